The highest BCUT2D eigenvalue weighted by Crippen LogP contribution is 2.10. The van der Waals surface area contributed by atoms with Gasteiger partial charge in [-0.05, 0) is 52.9 Å². The average molecular weight is 415 g/mol. The van der Waals surface area contributed by atoms with Gasteiger partial charge in [-0.2, -0.15) is 0 Å². The molecule has 29 heavy (non-hydrogen) atoms. The van der Waals surface area contributed by atoms with Crippen molar-refractivity contribution in [2.24, 2.45) is 0 Å². The van der Waals surface area contributed by atoms with Crippen molar-refractivity contribution in [2.45, 2.75) is 89.9 Å². The van der Waals surface area contributed by atoms with Crippen LogP contribution in [-0.2, 0) is 14.3 Å². The van der Waals surface area contributed by atoms with E-state index in [4.69, 9.17) is 9.47 Å². The largest absolute Gasteiger partial charge is 0.468 e. The summed E-state index contributed by atoms with van der Waals surface area (Å²) in [6.07, 6.45) is 18.1. The second-order valence-corrected chi connectivity index (χ2v) is 8.55. The Balaban J connectivity index is 3.65. The number of likely N-dealkylation sites (N-methyl/N-ethyl adjacent to an activating group) is 1. The fourth-order valence-electron chi connectivity index (χ4n) is 3.60. The minimum Gasteiger partial charge on any atom is -0.468 e. The van der Waals surface area contributed by atoms with Crippen molar-refractivity contribution < 1.29 is 14.3 Å². The first-order chi connectivity index (χ1) is 14.2. The maximum Gasteiger partial charge on any atom is 0.293 e. The van der Waals surface area contributed by atoms with Crippen LogP contribution in [0.3, 0.4) is 0 Å². The van der Waals surface area contributed by atoms with Gasteiger partial charge in [0.15, 0.2) is 0 Å². The molecule has 0 saturated carbocycles. The highest BCUT2D eigenvalue weighted by molar-refractivity contribution is 5.36. The first-order valence-electron chi connectivity index (χ1n) is 12.1. The Morgan fingerprint density at radius 2 is 1.03 bits per heavy atom. The van der Waals surface area contributed by atoms with E-state index in [1.807, 2.05) is 0 Å². The second kappa shape index (κ2) is 23.6. The van der Waals surface area contributed by atoms with Gasteiger partial charge in [0.2, 0.25) is 0 Å². The highest BCUT2D eigenvalue weighted by atomic mass is 16.5. The Labute approximate surface area is 181 Å². The van der Waals surface area contributed by atoms with E-state index in [9.17, 15) is 4.79 Å². The standard InChI is InChI=1S/C24H50N2O3/c1-25(2)20-21-26(18-14-10-6-4-8-12-16-22-28-3)19-15-11-7-5-9-13-17-23-29-24-27/h24H,4-23H2,1-3H3. The zero-order valence-corrected chi connectivity index (χ0v) is 19.8. The molecule has 0 spiro atoms. The van der Waals surface area contributed by atoms with Crippen molar-refractivity contribution in [3.8, 4) is 0 Å². The number of methoxy groups -OCH3 is 1. The molecule has 0 heterocycles. The monoisotopic (exact) mass is 414 g/mol. The van der Waals surface area contributed by atoms with Gasteiger partial charge in [-0.25, -0.2) is 0 Å². The molecule has 0 rings (SSSR count). The van der Waals surface area contributed by atoms with Gasteiger partial charge in [-0.15, -0.1) is 0 Å². The summed E-state index contributed by atoms with van der Waals surface area (Å²) >= 11 is 0. The van der Waals surface area contributed by atoms with Crippen LogP contribution in [0.1, 0.15) is 89.9 Å². The number of hydrogen-bond donors (Lipinski definition) is 0. The van der Waals surface area contributed by atoms with Gasteiger partial charge < -0.3 is 19.3 Å². The molecular weight excluding hydrogens is 364 g/mol. The first-order valence-corrected chi connectivity index (χ1v) is 12.1. The lowest BCUT2D eigenvalue weighted by Gasteiger charge is -2.24. The quantitative estimate of drug-likeness (QED) is 0.162. The van der Waals surface area contributed by atoms with Crippen LogP contribution in [0.25, 0.3) is 0 Å². The number of carbonyl (C=O) groups excluding carboxylic acids is 1. The third-order valence-corrected chi connectivity index (χ3v) is 5.49. The minimum atomic E-state index is 0.548. The molecule has 0 aromatic rings. The molecule has 0 aliphatic rings. The second-order valence-electron chi connectivity index (χ2n) is 8.55. The smallest absolute Gasteiger partial charge is 0.293 e. The van der Waals surface area contributed by atoms with Crippen molar-refractivity contribution in [1.82, 2.24) is 9.80 Å². The summed E-state index contributed by atoms with van der Waals surface area (Å²) in [6.45, 7) is 6.90. The van der Waals surface area contributed by atoms with E-state index in [-0.39, 0.29) is 0 Å². The first kappa shape index (κ1) is 28.4. The summed E-state index contributed by atoms with van der Waals surface area (Å²) in [5.74, 6) is 0. The molecular formula is C24H50N2O3. The van der Waals surface area contributed by atoms with E-state index < -0.39 is 0 Å². The molecule has 0 amide bonds. The fourth-order valence-corrected chi connectivity index (χ4v) is 3.60. The third kappa shape index (κ3) is 23.5. The van der Waals surface area contributed by atoms with Gasteiger partial charge in [0.25, 0.3) is 6.47 Å². The van der Waals surface area contributed by atoms with Crippen LogP contribution in [0.15, 0.2) is 0 Å². The molecule has 0 N–H and O–H groups in total. The lowest BCUT2D eigenvalue weighted by molar-refractivity contribution is -0.128. The SMILES string of the molecule is COCCCCCCCCCN(CCCCCCCCCOC=O)CCN(C)C. The Hall–Kier alpha value is -0.650. The molecule has 0 fully saturated rings. The zero-order chi connectivity index (χ0) is 21.4. The van der Waals surface area contributed by atoms with Gasteiger partial charge in [0.1, 0.15) is 0 Å². The summed E-state index contributed by atoms with van der Waals surface area (Å²) in [5.41, 5.74) is 0. The van der Waals surface area contributed by atoms with E-state index in [1.165, 1.54) is 103 Å². The van der Waals surface area contributed by atoms with E-state index >= 15 is 0 Å². The van der Waals surface area contributed by atoms with Crippen molar-refractivity contribution >= 4 is 6.47 Å². The van der Waals surface area contributed by atoms with E-state index in [0.29, 0.717) is 13.1 Å². The van der Waals surface area contributed by atoms with Gasteiger partial charge >= 0.3 is 0 Å². The molecule has 0 aromatic carbocycles. The lowest BCUT2D eigenvalue weighted by atomic mass is 10.1. The van der Waals surface area contributed by atoms with Crippen molar-refractivity contribution in [3.63, 3.8) is 0 Å². The predicted molar refractivity (Wildman–Crippen MR) is 124 cm³/mol. The molecule has 5 nitrogen and oxygen atoms in total. The molecule has 174 valence electrons. The Morgan fingerprint density at radius 1 is 0.586 bits per heavy atom. The van der Waals surface area contributed by atoms with Gasteiger partial charge in [0.05, 0.1) is 6.61 Å². The molecule has 0 aliphatic heterocycles. The van der Waals surface area contributed by atoms with Crippen molar-refractivity contribution in [2.75, 3.05) is 60.6 Å². The minimum absolute atomic E-state index is 0.548. The van der Waals surface area contributed by atoms with E-state index in [2.05, 4.69) is 23.9 Å². The van der Waals surface area contributed by atoms with Crippen LogP contribution in [0.5, 0.6) is 0 Å². The molecule has 0 bridgehead atoms. The number of unbranched alkanes of at least 4 members (excludes halogenated alkanes) is 12. The van der Waals surface area contributed by atoms with E-state index in [1.54, 1.807) is 7.11 Å². The molecule has 0 saturated heterocycles. The molecule has 0 unspecified atom stereocenters. The van der Waals surface area contributed by atoms with E-state index in [0.717, 1.165) is 19.6 Å². The van der Waals surface area contributed by atoms with Crippen LogP contribution >= 0.6 is 0 Å². The predicted octanol–water partition coefficient (Wildman–Crippen LogP) is 5.13. The summed E-state index contributed by atoms with van der Waals surface area (Å²) in [5, 5.41) is 0. The van der Waals surface area contributed by atoms with Gasteiger partial charge in [-0.1, -0.05) is 64.2 Å². The topological polar surface area (TPSA) is 42.0 Å². The lowest BCUT2D eigenvalue weighted by Crippen LogP contribution is -2.33. The Kier molecular flexibility index (Phi) is 23.1. The molecule has 0 aromatic heterocycles. The number of hydrogen-bond acceptors (Lipinski definition) is 5. The van der Waals surface area contributed by atoms with Crippen LogP contribution in [-0.4, -0.2) is 76.9 Å². The maximum atomic E-state index is 10.1. The number of rotatable bonds is 24. The summed E-state index contributed by atoms with van der Waals surface area (Å²) in [7, 11) is 6.13. The molecule has 0 aliphatic carbocycles. The molecule has 5 heteroatoms. The van der Waals surface area contributed by atoms with Crippen LogP contribution in [0, 0.1) is 0 Å². The fraction of sp³-hybridized carbons (Fsp3) is 0.958. The average Bonchev–Trinajstić information content (AvgIpc) is 2.71. The highest BCUT2D eigenvalue weighted by Gasteiger charge is 2.05. The Morgan fingerprint density at radius 3 is 1.48 bits per heavy atom. The zero-order valence-electron chi connectivity index (χ0n) is 19.8. The van der Waals surface area contributed by atoms with Crippen LogP contribution in [0.2, 0.25) is 0 Å². The van der Waals surface area contributed by atoms with Crippen LogP contribution in [0.4, 0.5) is 0 Å². The summed E-state index contributed by atoms with van der Waals surface area (Å²) in [6, 6.07) is 0. The molecule has 0 atom stereocenters. The van der Waals surface area contributed by atoms with Gasteiger partial charge in [0, 0.05) is 26.8 Å². The Bertz CT molecular complexity index is 327. The normalized spacial score (nSPS) is 11.5. The van der Waals surface area contributed by atoms with Crippen molar-refractivity contribution in [3.05, 3.63) is 0 Å². The summed E-state index contributed by atoms with van der Waals surface area (Å²) in [4.78, 5) is 15.0. The van der Waals surface area contributed by atoms with Gasteiger partial charge in [-0.3, -0.25) is 4.79 Å². The van der Waals surface area contributed by atoms with Crippen LogP contribution < -0.4 is 0 Å². The maximum absolute atomic E-state index is 10.1. The van der Waals surface area contributed by atoms with Crippen molar-refractivity contribution in [1.29, 1.82) is 0 Å². The summed E-state index contributed by atoms with van der Waals surface area (Å²) < 4.78 is 9.83. The number of carbonyl (C=O) groups is 1. The number of ether oxygens (including phenoxy) is 2. The number of nitrogens with zero attached hydrogens (tertiary/aromatic N) is 2. The third-order valence-electron chi connectivity index (χ3n) is 5.49. The molecule has 0 radical (unpaired) electrons.